The summed E-state index contributed by atoms with van der Waals surface area (Å²) in [5, 5.41) is 23.2. The van der Waals surface area contributed by atoms with Crippen LogP contribution in [0.25, 0.3) is 0 Å². The lowest BCUT2D eigenvalue weighted by atomic mass is 9.75. The van der Waals surface area contributed by atoms with E-state index in [1.807, 2.05) is 5.43 Å². The summed E-state index contributed by atoms with van der Waals surface area (Å²) in [7, 11) is 0. The molecule has 0 spiro atoms. The molecule has 0 radical (unpaired) electrons. The van der Waals surface area contributed by atoms with Crippen LogP contribution in [0.1, 0.15) is 45.8 Å². The van der Waals surface area contributed by atoms with Crippen LogP contribution in [0.5, 0.6) is 0 Å². The lowest BCUT2D eigenvalue weighted by Gasteiger charge is -2.33. The highest BCUT2D eigenvalue weighted by Gasteiger charge is 2.28. The molecule has 0 aromatic carbocycles. The Bertz CT molecular complexity index is 599. The number of amides is 2. The topological polar surface area (TPSA) is 144 Å². The first kappa shape index (κ1) is 20.6. The predicted octanol–water partition coefficient (Wildman–Crippen LogP) is 2.63. The Hall–Kier alpha value is -2.42. The fourth-order valence-corrected chi connectivity index (χ4v) is 2.82. The summed E-state index contributed by atoms with van der Waals surface area (Å²) in [6.07, 6.45) is 4.61. The number of primary amides is 1. The molecule has 0 aliphatic heterocycles. The third-order valence-corrected chi connectivity index (χ3v) is 4.15. The van der Waals surface area contributed by atoms with Gasteiger partial charge in [-0.15, -0.1) is 0 Å². The van der Waals surface area contributed by atoms with Gasteiger partial charge in [0, 0.05) is 0 Å². The average Bonchev–Trinajstić information content (AvgIpc) is 2.96. The number of urea groups is 1. The van der Waals surface area contributed by atoms with Gasteiger partial charge in [0.1, 0.15) is 4.92 Å². The summed E-state index contributed by atoms with van der Waals surface area (Å²) in [6, 6.07) is 1.68. The van der Waals surface area contributed by atoms with Crippen molar-refractivity contribution in [3.05, 3.63) is 28.0 Å². The average molecular weight is 354 g/mol. The van der Waals surface area contributed by atoms with Gasteiger partial charge >= 0.3 is 11.9 Å². The number of hydrazone groups is 1. The van der Waals surface area contributed by atoms with Crippen molar-refractivity contribution in [3.63, 3.8) is 0 Å². The third-order valence-electron chi connectivity index (χ3n) is 4.15. The second-order valence-electron chi connectivity index (χ2n) is 6.56. The Morgan fingerprint density at radius 2 is 2.20 bits per heavy atom. The van der Waals surface area contributed by atoms with Crippen LogP contribution in [0.3, 0.4) is 0 Å². The van der Waals surface area contributed by atoms with Gasteiger partial charge in [0.05, 0.1) is 18.4 Å². The van der Waals surface area contributed by atoms with E-state index in [0.29, 0.717) is 11.8 Å². The van der Waals surface area contributed by atoms with Crippen LogP contribution in [0.2, 0.25) is 0 Å². The molecule has 9 heteroatoms. The van der Waals surface area contributed by atoms with Gasteiger partial charge in [0.15, 0.2) is 5.76 Å². The first-order chi connectivity index (χ1) is 11.7. The van der Waals surface area contributed by atoms with Crippen molar-refractivity contribution < 1.29 is 19.2 Å². The second kappa shape index (κ2) is 9.77. The van der Waals surface area contributed by atoms with Crippen LogP contribution in [-0.4, -0.2) is 28.4 Å². The van der Waals surface area contributed by atoms with Gasteiger partial charge in [-0.2, -0.15) is 5.10 Å². The molecule has 0 bridgehead atoms. The molecule has 25 heavy (non-hydrogen) atoms. The van der Waals surface area contributed by atoms with E-state index in [-0.39, 0.29) is 11.9 Å². The summed E-state index contributed by atoms with van der Waals surface area (Å²) >= 11 is 0. The first-order valence-electron chi connectivity index (χ1n) is 8.21. The molecule has 140 valence electrons. The van der Waals surface area contributed by atoms with Crippen molar-refractivity contribution in [1.29, 1.82) is 0 Å². The van der Waals surface area contributed by atoms with Crippen LogP contribution < -0.4 is 11.2 Å². The lowest BCUT2D eigenvalue weighted by Crippen LogP contribution is -2.31. The van der Waals surface area contributed by atoms with Crippen LogP contribution in [0, 0.1) is 27.9 Å². The van der Waals surface area contributed by atoms with E-state index in [2.05, 4.69) is 30.3 Å². The SMILES string of the molecule is CC1CCC(C(C)C)C(O)C1.NC(=O)N/N=C\c1ccc([N+](=O)[O-])o1. The van der Waals surface area contributed by atoms with Gasteiger partial charge in [-0.05, 0) is 36.7 Å². The molecule has 1 aliphatic carbocycles. The fraction of sp³-hybridized carbons (Fsp3) is 0.625. The maximum absolute atomic E-state index is 10.2. The van der Waals surface area contributed by atoms with Crippen LogP contribution >= 0.6 is 0 Å². The van der Waals surface area contributed by atoms with Crippen LogP contribution in [0.15, 0.2) is 21.7 Å². The number of rotatable bonds is 4. The minimum atomic E-state index is -0.831. The molecular formula is C16H26N4O5. The lowest BCUT2D eigenvalue weighted by molar-refractivity contribution is -0.402. The molecule has 3 atom stereocenters. The number of nitro groups is 1. The number of carbonyl (C=O) groups is 1. The van der Waals surface area contributed by atoms with E-state index >= 15 is 0 Å². The van der Waals surface area contributed by atoms with Gasteiger partial charge in [-0.3, -0.25) is 10.1 Å². The standard InChI is InChI=1S/C10H20O.C6H6N4O4/c1-7(2)9-5-4-8(3)6-10(9)11;7-6(11)9-8-3-4-1-2-5(14-4)10(12)13/h7-11H,4-6H2,1-3H3;1-3H,(H3,7,9,11)/b;8-3-. The second-order valence-corrected chi connectivity index (χ2v) is 6.56. The number of carbonyl (C=O) groups excluding carboxylic acids is 1. The minimum absolute atomic E-state index is 0.0289. The Morgan fingerprint density at radius 3 is 2.68 bits per heavy atom. The molecule has 2 rings (SSSR count). The molecule has 3 unspecified atom stereocenters. The van der Waals surface area contributed by atoms with Gasteiger partial charge in [-0.1, -0.05) is 27.2 Å². The number of nitrogens with zero attached hydrogens (tertiary/aromatic N) is 2. The highest BCUT2D eigenvalue weighted by Crippen LogP contribution is 2.33. The molecule has 1 fully saturated rings. The molecule has 2 amide bonds. The molecule has 1 heterocycles. The zero-order chi connectivity index (χ0) is 19.0. The van der Waals surface area contributed by atoms with Gasteiger partial charge in [0.25, 0.3) is 0 Å². The molecule has 1 aromatic rings. The highest BCUT2D eigenvalue weighted by molar-refractivity contribution is 5.78. The Labute approximate surface area is 146 Å². The number of aliphatic hydroxyl groups excluding tert-OH is 1. The van der Waals surface area contributed by atoms with E-state index in [9.17, 15) is 20.0 Å². The van der Waals surface area contributed by atoms with Crippen molar-refractivity contribution in [1.82, 2.24) is 5.43 Å². The zero-order valence-electron chi connectivity index (χ0n) is 14.7. The molecule has 1 aliphatic rings. The summed E-state index contributed by atoms with van der Waals surface area (Å²) in [4.78, 5) is 19.7. The fourth-order valence-electron chi connectivity index (χ4n) is 2.82. The van der Waals surface area contributed by atoms with Gasteiger partial charge in [0.2, 0.25) is 0 Å². The maximum atomic E-state index is 10.2. The molecule has 9 nitrogen and oxygen atoms in total. The van der Waals surface area contributed by atoms with E-state index < -0.39 is 16.8 Å². The molecule has 0 saturated heterocycles. The Morgan fingerprint density at radius 1 is 1.52 bits per heavy atom. The highest BCUT2D eigenvalue weighted by atomic mass is 16.6. The molecule has 4 N–H and O–H groups in total. The molecule has 1 aromatic heterocycles. The van der Waals surface area contributed by atoms with E-state index in [1.165, 1.54) is 25.0 Å². The van der Waals surface area contributed by atoms with Crippen molar-refractivity contribution in [2.24, 2.45) is 28.6 Å². The third kappa shape index (κ3) is 7.34. The molecular weight excluding hydrogens is 328 g/mol. The summed E-state index contributed by atoms with van der Waals surface area (Å²) in [5.74, 6) is 1.69. The van der Waals surface area contributed by atoms with Gasteiger partial charge in [-0.25, -0.2) is 10.2 Å². The van der Waals surface area contributed by atoms with Crippen LogP contribution in [-0.2, 0) is 0 Å². The number of hydrogen-bond donors (Lipinski definition) is 3. The summed E-state index contributed by atoms with van der Waals surface area (Å²) < 4.78 is 4.69. The Balaban J connectivity index is 0.000000257. The van der Waals surface area contributed by atoms with Crippen molar-refractivity contribution in [2.45, 2.75) is 46.1 Å². The van der Waals surface area contributed by atoms with Crippen molar-refractivity contribution in [2.75, 3.05) is 0 Å². The monoisotopic (exact) mass is 354 g/mol. The van der Waals surface area contributed by atoms with Crippen molar-refractivity contribution in [3.8, 4) is 0 Å². The quantitative estimate of drug-likeness (QED) is 0.432. The van der Waals surface area contributed by atoms with Gasteiger partial charge < -0.3 is 15.3 Å². The number of nitrogens with two attached hydrogens (primary N) is 1. The van der Waals surface area contributed by atoms with E-state index in [1.54, 1.807) is 0 Å². The largest absolute Gasteiger partial charge is 0.433 e. The number of hydrogen-bond acceptors (Lipinski definition) is 6. The van der Waals surface area contributed by atoms with E-state index in [4.69, 9.17) is 5.73 Å². The maximum Gasteiger partial charge on any atom is 0.433 e. The van der Waals surface area contributed by atoms with E-state index in [0.717, 1.165) is 18.6 Å². The minimum Gasteiger partial charge on any atom is -0.400 e. The number of aliphatic hydroxyl groups is 1. The molecule has 1 saturated carbocycles. The normalized spacial score (nSPS) is 23.2. The van der Waals surface area contributed by atoms with Crippen molar-refractivity contribution >= 4 is 18.1 Å². The summed E-state index contributed by atoms with van der Waals surface area (Å²) in [6.45, 7) is 6.66. The zero-order valence-corrected chi connectivity index (χ0v) is 14.7. The Kier molecular flexibility index (Phi) is 8.06. The van der Waals surface area contributed by atoms with Crippen LogP contribution in [0.4, 0.5) is 10.7 Å². The number of nitrogens with one attached hydrogen (secondary N) is 1. The smallest absolute Gasteiger partial charge is 0.400 e. The summed E-state index contributed by atoms with van der Waals surface area (Å²) in [5.41, 5.74) is 6.62. The number of furan rings is 1. The first-order valence-corrected chi connectivity index (χ1v) is 8.21. The predicted molar refractivity (Wildman–Crippen MR) is 93.0 cm³/mol.